The molecule has 1 amide bonds. The molecule has 1 unspecified atom stereocenters. The van der Waals surface area contributed by atoms with Gasteiger partial charge in [-0.05, 0) is 69.5 Å². The number of carbonyl (C=O) groups is 1. The van der Waals surface area contributed by atoms with Gasteiger partial charge in [0.25, 0.3) is 0 Å². The summed E-state index contributed by atoms with van der Waals surface area (Å²) < 4.78 is 0. The molecule has 31 heavy (non-hydrogen) atoms. The minimum Gasteiger partial charge on any atom is -0.372 e. The first-order valence-electron chi connectivity index (χ1n) is 10.4. The van der Waals surface area contributed by atoms with E-state index >= 15 is 0 Å². The third kappa shape index (κ3) is 12.5. The van der Waals surface area contributed by atoms with Gasteiger partial charge >= 0.3 is 0 Å². The normalized spacial score (nSPS) is 11.8. The second-order valence-corrected chi connectivity index (χ2v) is 6.66. The summed E-state index contributed by atoms with van der Waals surface area (Å²) >= 11 is 0. The number of allylic oxidation sites excluding steroid dienone is 2. The molecule has 0 aliphatic heterocycles. The maximum absolute atomic E-state index is 8.58. The minimum atomic E-state index is 0.250. The van der Waals surface area contributed by atoms with Gasteiger partial charge in [-0.1, -0.05) is 33.8 Å². The Hall–Kier alpha value is -2.75. The SMILES string of the molecule is CCNC.CCc1ccc2nc(/C=N/N/C(C)=C(\C)C(C)CC)[nH]c2c1.NC=O.NO. The van der Waals surface area contributed by atoms with Crippen LogP contribution in [0.3, 0.4) is 0 Å². The number of imidazole rings is 1. The van der Waals surface area contributed by atoms with Crippen molar-refractivity contribution in [2.45, 2.75) is 54.4 Å². The first kappa shape index (κ1) is 30.4. The Bertz CT molecular complexity index is 783. The van der Waals surface area contributed by atoms with Crippen LogP contribution in [0.2, 0.25) is 0 Å². The standard InChI is InChI=1S/C18H26N4.C3H9N.CH3NO.H3NO/c1-6-12(3)13(4)14(5)22-19-11-18-20-16-9-8-15(7-2)10-17(16)21-18;1-3-4-2;2-1-3;1-2/h8-12,22H,6-7H2,1-5H3,(H,20,21);4H,3H2,1-2H3;1H,(H2,2,3);2H,1H2/b14-13+,19-11+;;;. The predicted molar refractivity (Wildman–Crippen MR) is 130 cm³/mol. The molecule has 1 aromatic heterocycles. The third-order valence-corrected chi connectivity index (χ3v) is 4.69. The van der Waals surface area contributed by atoms with Gasteiger partial charge in [0.2, 0.25) is 6.41 Å². The Morgan fingerprint density at radius 2 is 1.87 bits per heavy atom. The van der Waals surface area contributed by atoms with Crippen LogP contribution >= 0.6 is 0 Å². The van der Waals surface area contributed by atoms with Gasteiger partial charge < -0.3 is 21.2 Å². The summed E-state index contributed by atoms with van der Waals surface area (Å²) in [6.07, 6.45) is 4.15. The number of aromatic nitrogens is 2. The number of H-pyrrole nitrogens is 1. The van der Waals surface area contributed by atoms with Crippen LogP contribution < -0.4 is 22.4 Å². The van der Waals surface area contributed by atoms with Crippen molar-refractivity contribution in [1.82, 2.24) is 20.7 Å². The van der Waals surface area contributed by atoms with E-state index in [0.29, 0.717) is 5.92 Å². The molecule has 1 aromatic carbocycles. The number of fused-ring (bicyclic) bond motifs is 1. The summed E-state index contributed by atoms with van der Waals surface area (Å²) in [5, 5.41) is 13.7. The highest BCUT2D eigenvalue weighted by molar-refractivity contribution is 5.84. The zero-order valence-electron chi connectivity index (χ0n) is 20.0. The zero-order chi connectivity index (χ0) is 24.2. The maximum atomic E-state index is 8.58. The third-order valence-electron chi connectivity index (χ3n) is 4.69. The lowest BCUT2D eigenvalue weighted by molar-refractivity contribution is -0.106. The number of primary amides is 1. The van der Waals surface area contributed by atoms with Crippen LogP contribution in [0.5, 0.6) is 0 Å². The number of nitrogens with one attached hydrogen (secondary N) is 3. The van der Waals surface area contributed by atoms with Crippen molar-refractivity contribution in [2.75, 3.05) is 13.6 Å². The van der Waals surface area contributed by atoms with E-state index in [1.807, 2.05) is 13.1 Å². The van der Waals surface area contributed by atoms with Crippen LogP contribution in [0.1, 0.15) is 59.4 Å². The first-order valence-corrected chi connectivity index (χ1v) is 10.4. The average molecular weight is 436 g/mol. The van der Waals surface area contributed by atoms with Crippen LogP contribution in [0.4, 0.5) is 0 Å². The van der Waals surface area contributed by atoms with E-state index in [1.54, 1.807) is 6.21 Å². The molecule has 176 valence electrons. The lowest BCUT2D eigenvalue weighted by Crippen LogP contribution is -2.09. The topological polar surface area (TPSA) is 154 Å². The maximum Gasteiger partial charge on any atom is 0.204 e. The van der Waals surface area contributed by atoms with Crippen molar-refractivity contribution in [3.05, 3.63) is 40.9 Å². The van der Waals surface area contributed by atoms with Gasteiger partial charge in [-0.3, -0.25) is 10.2 Å². The fourth-order valence-electron chi connectivity index (χ4n) is 2.31. The molecule has 1 heterocycles. The molecule has 0 bridgehead atoms. The Morgan fingerprint density at radius 1 is 1.29 bits per heavy atom. The summed E-state index contributed by atoms with van der Waals surface area (Å²) in [5.41, 5.74) is 13.1. The number of hydrazone groups is 1. The smallest absolute Gasteiger partial charge is 0.204 e. The summed E-state index contributed by atoms with van der Waals surface area (Å²) in [6.45, 7) is 13.9. The molecule has 2 aromatic rings. The van der Waals surface area contributed by atoms with Crippen LogP contribution in [-0.4, -0.2) is 41.4 Å². The number of aromatic amines is 1. The highest BCUT2D eigenvalue weighted by atomic mass is 16.4. The largest absolute Gasteiger partial charge is 0.372 e. The fourth-order valence-corrected chi connectivity index (χ4v) is 2.31. The van der Waals surface area contributed by atoms with Crippen molar-refractivity contribution in [2.24, 2.45) is 22.6 Å². The van der Waals surface area contributed by atoms with E-state index in [1.165, 1.54) is 11.1 Å². The van der Waals surface area contributed by atoms with E-state index < -0.39 is 0 Å². The second-order valence-electron chi connectivity index (χ2n) is 6.66. The van der Waals surface area contributed by atoms with Crippen molar-refractivity contribution in [1.29, 1.82) is 0 Å². The number of nitrogens with two attached hydrogens (primary N) is 2. The lowest BCUT2D eigenvalue weighted by atomic mass is 9.99. The Kier molecular flexibility index (Phi) is 18.9. The Labute approximate surface area is 186 Å². The van der Waals surface area contributed by atoms with Gasteiger partial charge in [0, 0.05) is 5.70 Å². The van der Waals surface area contributed by atoms with Gasteiger partial charge in [0.15, 0.2) is 5.82 Å². The summed E-state index contributed by atoms with van der Waals surface area (Å²) in [7, 11) is 1.93. The van der Waals surface area contributed by atoms with Gasteiger partial charge in [-0.15, -0.1) is 0 Å². The molecule has 9 heteroatoms. The average Bonchev–Trinajstić information content (AvgIpc) is 3.21. The van der Waals surface area contributed by atoms with E-state index in [4.69, 9.17) is 10.0 Å². The van der Waals surface area contributed by atoms with Gasteiger partial charge in [-0.2, -0.15) is 5.10 Å². The lowest BCUT2D eigenvalue weighted by Gasteiger charge is -2.12. The van der Waals surface area contributed by atoms with E-state index in [0.717, 1.165) is 41.9 Å². The number of carbonyl (C=O) groups excluding carboxylic acids is 1. The van der Waals surface area contributed by atoms with Gasteiger partial charge in [0.1, 0.15) is 0 Å². The van der Waals surface area contributed by atoms with E-state index in [2.05, 4.69) is 91.1 Å². The second kappa shape index (κ2) is 19.2. The monoisotopic (exact) mass is 435 g/mol. The highest BCUT2D eigenvalue weighted by Gasteiger charge is 2.04. The number of benzene rings is 1. The molecule has 0 spiro atoms. The van der Waals surface area contributed by atoms with Gasteiger partial charge in [-0.25, -0.2) is 10.9 Å². The molecule has 2 rings (SSSR count). The first-order chi connectivity index (χ1) is 14.9. The Morgan fingerprint density at radius 3 is 2.35 bits per heavy atom. The number of hydrogen-bond acceptors (Lipinski definition) is 7. The molecule has 9 nitrogen and oxygen atoms in total. The molecule has 0 saturated heterocycles. The summed E-state index contributed by atoms with van der Waals surface area (Å²) in [5.74, 6) is 4.84. The number of nitrogens with zero attached hydrogens (tertiary/aromatic N) is 2. The number of hydrogen-bond donors (Lipinski definition) is 6. The van der Waals surface area contributed by atoms with Crippen molar-refractivity contribution >= 4 is 23.7 Å². The van der Waals surface area contributed by atoms with E-state index in [-0.39, 0.29) is 6.41 Å². The zero-order valence-corrected chi connectivity index (χ0v) is 20.0. The quantitative estimate of drug-likeness (QED) is 0.223. The van der Waals surface area contributed by atoms with E-state index in [9.17, 15) is 0 Å². The molecular weight excluding hydrogens is 394 g/mol. The predicted octanol–water partition coefficient (Wildman–Crippen LogP) is 3.05. The van der Waals surface area contributed by atoms with Gasteiger partial charge in [0.05, 0.1) is 17.2 Å². The van der Waals surface area contributed by atoms with Crippen LogP contribution in [-0.2, 0) is 11.2 Å². The molecule has 0 saturated carbocycles. The minimum absolute atomic E-state index is 0.250. The molecule has 0 aliphatic rings. The molecular formula is C22H41N7O2. The molecule has 0 aliphatic carbocycles. The highest BCUT2D eigenvalue weighted by Crippen LogP contribution is 2.16. The van der Waals surface area contributed by atoms with Crippen molar-refractivity contribution in [3.8, 4) is 0 Å². The number of amides is 1. The molecule has 0 fully saturated rings. The summed E-state index contributed by atoms with van der Waals surface area (Å²) in [6, 6.07) is 6.31. The summed E-state index contributed by atoms with van der Waals surface area (Å²) in [4.78, 5) is 16.4. The van der Waals surface area contributed by atoms with Crippen LogP contribution in [0.15, 0.2) is 34.6 Å². The van der Waals surface area contributed by atoms with Crippen LogP contribution in [0, 0.1) is 5.92 Å². The number of rotatable bonds is 7. The molecule has 0 radical (unpaired) electrons. The number of aryl methyl sites for hydroxylation is 1. The van der Waals surface area contributed by atoms with Crippen molar-refractivity contribution in [3.63, 3.8) is 0 Å². The van der Waals surface area contributed by atoms with Crippen LogP contribution in [0.25, 0.3) is 11.0 Å². The molecule has 8 N–H and O–H groups in total. The Balaban J connectivity index is 0. The molecule has 1 atom stereocenters. The fraction of sp³-hybridized carbons (Fsp3) is 0.500. The van der Waals surface area contributed by atoms with Crippen molar-refractivity contribution < 1.29 is 10.0 Å².